The highest BCUT2D eigenvalue weighted by atomic mass is 16.6. The predicted molar refractivity (Wildman–Crippen MR) is 96.4 cm³/mol. The highest BCUT2D eigenvalue weighted by Crippen LogP contribution is 2.18. The highest BCUT2D eigenvalue weighted by Gasteiger charge is 2.11. The van der Waals surface area contributed by atoms with E-state index in [-0.39, 0.29) is 12.2 Å². The molecule has 2 rings (SSSR count). The van der Waals surface area contributed by atoms with Gasteiger partial charge in [0.15, 0.2) is 0 Å². The number of carbonyl (C=O) groups is 1. The number of oxime groups is 2. The Balaban J connectivity index is 2.07. The molecule has 2 aromatic carbocycles. The van der Waals surface area contributed by atoms with Gasteiger partial charge in [-0.25, -0.2) is 4.79 Å². The minimum Gasteiger partial charge on any atom is -0.478 e. The van der Waals surface area contributed by atoms with Gasteiger partial charge in [-0.3, -0.25) is 0 Å². The number of aliphatic carboxylic acids is 1. The second-order valence-corrected chi connectivity index (χ2v) is 4.97. The Morgan fingerprint density at radius 2 is 1.84 bits per heavy atom. The van der Waals surface area contributed by atoms with Gasteiger partial charge >= 0.3 is 5.97 Å². The molecule has 0 aliphatic rings. The summed E-state index contributed by atoms with van der Waals surface area (Å²) in [5.74, 6) is -1.07. The van der Waals surface area contributed by atoms with Crippen molar-refractivity contribution in [1.82, 2.24) is 0 Å². The Labute approximate surface area is 145 Å². The molecule has 0 amide bonds. The van der Waals surface area contributed by atoms with Gasteiger partial charge in [-0.15, -0.1) is 0 Å². The summed E-state index contributed by atoms with van der Waals surface area (Å²) in [4.78, 5) is 21.2. The van der Waals surface area contributed by atoms with E-state index in [1.807, 2.05) is 30.3 Å². The summed E-state index contributed by atoms with van der Waals surface area (Å²) >= 11 is 0. The zero-order valence-corrected chi connectivity index (χ0v) is 13.8. The van der Waals surface area contributed by atoms with Crippen LogP contribution in [0.15, 0.2) is 71.5 Å². The van der Waals surface area contributed by atoms with E-state index in [1.54, 1.807) is 24.3 Å². The third kappa shape index (κ3) is 5.04. The van der Waals surface area contributed by atoms with Crippen LogP contribution >= 0.6 is 0 Å². The predicted octanol–water partition coefficient (Wildman–Crippen LogP) is 3.34. The molecule has 2 aromatic rings. The summed E-state index contributed by atoms with van der Waals surface area (Å²) in [6.07, 6.45) is 1.44. The van der Waals surface area contributed by atoms with Gasteiger partial charge in [0.2, 0.25) is 0 Å². The average Bonchev–Trinajstić information content (AvgIpc) is 2.64. The van der Waals surface area contributed by atoms with E-state index >= 15 is 0 Å². The molecule has 0 bridgehead atoms. The molecule has 0 radical (unpaired) electrons. The van der Waals surface area contributed by atoms with Gasteiger partial charge in [0, 0.05) is 11.1 Å². The van der Waals surface area contributed by atoms with Crippen molar-refractivity contribution in [3.63, 3.8) is 0 Å². The number of carboxylic acid groups (broad SMARTS) is 1. The summed E-state index contributed by atoms with van der Waals surface area (Å²) < 4.78 is 0. The number of carboxylic acids is 1. The molecular formula is C19H18N2O4. The number of rotatable bonds is 8. The van der Waals surface area contributed by atoms with Crippen molar-refractivity contribution in [3.05, 3.63) is 77.9 Å². The SMILES string of the molecule is C=C(C(=O)O)c1ccccc1CO/N=C/C(=N/OC)c1ccccc1. The minimum atomic E-state index is -1.07. The molecule has 0 unspecified atom stereocenters. The van der Waals surface area contributed by atoms with Crippen molar-refractivity contribution in [2.75, 3.05) is 7.11 Å². The van der Waals surface area contributed by atoms with Crippen LogP contribution in [-0.4, -0.2) is 30.1 Å². The second-order valence-electron chi connectivity index (χ2n) is 4.97. The lowest BCUT2D eigenvalue weighted by Gasteiger charge is -2.08. The normalized spacial score (nSPS) is 11.3. The lowest BCUT2D eigenvalue weighted by atomic mass is 10.0. The monoisotopic (exact) mass is 338 g/mol. The van der Waals surface area contributed by atoms with Gasteiger partial charge in [-0.05, 0) is 5.56 Å². The highest BCUT2D eigenvalue weighted by molar-refractivity contribution is 6.37. The fourth-order valence-electron chi connectivity index (χ4n) is 2.11. The maximum atomic E-state index is 11.1. The van der Waals surface area contributed by atoms with Gasteiger partial charge in [0.05, 0.1) is 11.8 Å². The van der Waals surface area contributed by atoms with E-state index in [4.69, 9.17) is 14.8 Å². The van der Waals surface area contributed by atoms with E-state index in [9.17, 15) is 4.79 Å². The first kappa shape index (κ1) is 17.9. The van der Waals surface area contributed by atoms with Crippen LogP contribution in [0.3, 0.4) is 0 Å². The van der Waals surface area contributed by atoms with Crippen molar-refractivity contribution < 1.29 is 19.6 Å². The molecular weight excluding hydrogens is 320 g/mol. The third-order valence-electron chi connectivity index (χ3n) is 3.33. The Hall–Kier alpha value is -3.41. The first-order chi connectivity index (χ1) is 12.1. The van der Waals surface area contributed by atoms with Crippen LogP contribution in [0.2, 0.25) is 0 Å². The molecule has 0 aliphatic carbocycles. The molecule has 0 aromatic heterocycles. The minimum absolute atomic E-state index is 0.00843. The summed E-state index contributed by atoms with van der Waals surface area (Å²) in [5.41, 5.74) is 2.54. The van der Waals surface area contributed by atoms with E-state index in [0.717, 1.165) is 5.56 Å². The molecule has 0 saturated carbocycles. The maximum Gasteiger partial charge on any atom is 0.335 e. The van der Waals surface area contributed by atoms with Crippen molar-refractivity contribution in [2.24, 2.45) is 10.3 Å². The van der Waals surface area contributed by atoms with Crippen molar-refractivity contribution in [2.45, 2.75) is 6.61 Å². The first-order valence-electron chi connectivity index (χ1n) is 7.46. The molecule has 6 nitrogen and oxygen atoms in total. The number of hydrogen-bond donors (Lipinski definition) is 1. The van der Waals surface area contributed by atoms with E-state index in [0.29, 0.717) is 16.8 Å². The van der Waals surface area contributed by atoms with Crippen molar-refractivity contribution in [1.29, 1.82) is 0 Å². The topological polar surface area (TPSA) is 80.5 Å². The maximum absolute atomic E-state index is 11.1. The third-order valence-corrected chi connectivity index (χ3v) is 3.33. The fraction of sp³-hybridized carbons (Fsp3) is 0.105. The first-order valence-corrected chi connectivity index (χ1v) is 7.46. The molecule has 1 N–H and O–H groups in total. The number of benzene rings is 2. The van der Waals surface area contributed by atoms with E-state index in [1.165, 1.54) is 13.3 Å². The van der Waals surface area contributed by atoms with Crippen LogP contribution in [0.25, 0.3) is 5.57 Å². The zero-order valence-electron chi connectivity index (χ0n) is 13.8. The Bertz CT molecular complexity index is 798. The van der Waals surface area contributed by atoms with Gasteiger partial charge in [0.25, 0.3) is 0 Å². The molecule has 6 heteroatoms. The van der Waals surface area contributed by atoms with Gasteiger partial charge in [0.1, 0.15) is 19.4 Å². The largest absolute Gasteiger partial charge is 0.478 e. The zero-order chi connectivity index (χ0) is 18.1. The van der Waals surface area contributed by atoms with Crippen LogP contribution in [-0.2, 0) is 21.1 Å². The molecule has 0 atom stereocenters. The smallest absolute Gasteiger partial charge is 0.335 e. The second kappa shape index (κ2) is 9.02. The van der Waals surface area contributed by atoms with Crippen LogP contribution in [0.5, 0.6) is 0 Å². The molecule has 0 heterocycles. The molecule has 128 valence electrons. The van der Waals surface area contributed by atoms with Gasteiger partial charge in [-0.1, -0.05) is 71.5 Å². The van der Waals surface area contributed by atoms with Gasteiger partial charge in [-0.2, -0.15) is 0 Å². The van der Waals surface area contributed by atoms with Crippen molar-refractivity contribution >= 4 is 23.5 Å². The molecule has 25 heavy (non-hydrogen) atoms. The van der Waals surface area contributed by atoms with Crippen LogP contribution in [0.4, 0.5) is 0 Å². The fourth-order valence-corrected chi connectivity index (χ4v) is 2.11. The summed E-state index contributed by atoms with van der Waals surface area (Å²) in [6.45, 7) is 3.68. The van der Waals surface area contributed by atoms with Crippen LogP contribution in [0, 0.1) is 0 Å². The Morgan fingerprint density at radius 3 is 2.52 bits per heavy atom. The van der Waals surface area contributed by atoms with Crippen LogP contribution in [0.1, 0.15) is 16.7 Å². The number of nitrogens with zero attached hydrogens (tertiary/aromatic N) is 2. The van der Waals surface area contributed by atoms with Crippen LogP contribution < -0.4 is 0 Å². The summed E-state index contributed by atoms with van der Waals surface area (Å²) in [6, 6.07) is 16.4. The Kier molecular flexibility index (Phi) is 6.47. The number of hydrogen-bond acceptors (Lipinski definition) is 5. The van der Waals surface area contributed by atoms with E-state index < -0.39 is 5.97 Å². The summed E-state index contributed by atoms with van der Waals surface area (Å²) in [5, 5.41) is 16.9. The lowest BCUT2D eigenvalue weighted by Crippen LogP contribution is -2.05. The van der Waals surface area contributed by atoms with Crippen molar-refractivity contribution in [3.8, 4) is 0 Å². The average molecular weight is 338 g/mol. The van der Waals surface area contributed by atoms with E-state index in [2.05, 4.69) is 16.9 Å². The molecule has 0 spiro atoms. The lowest BCUT2D eigenvalue weighted by molar-refractivity contribution is -0.130. The molecule has 0 aliphatic heterocycles. The standard InChI is InChI=1S/C19H18N2O4/c1-14(19(22)23)17-11-7-6-10-16(17)13-25-20-12-18(21-24-2)15-8-4-3-5-9-15/h3-12H,1,13H2,2H3,(H,22,23)/b20-12+,21-18-. The van der Waals surface area contributed by atoms with Gasteiger partial charge < -0.3 is 14.8 Å². The quantitative estimate of drug-likeness (QED) is 0.455. The summed E-state index contributed by atoms with van der Waals surface area (Å²) in [7, 11) is 1.45. The molecule has 0 fully saturated rings. The molecule has 0 saturated heterocycles. The Morgan fingerprint density at radius 1 is 1.16 bits per heavy atom.